The highest BCUT2D eigenvalue weighted by molar-refractivity contribution is 6.42. The molecule has 0 saturated carbocycles. The zero-order valence-corrected chi connectivity index (χ0v) is 13.0. The molecular formula is C20H13ClN2. The molecule has 0 radical (unpaired) electrons. The number of nitrogen functional groups attached to an aromatic ring is 2. The maximum Gasteiger partial charge on any atom is 0.0649 e. The minimum atomic E-state index is 0.549. The van der Waals surface area contributed by atoms with E-state index in [1.807, 2.05) is 12.1 Å². The number of fused-ring (bicyclic) bond motifs is 2. The molecule has 0 aliphatic heterocycles. The Balaban J connectivity index is 2.31. The smallest absolute Gasteiger partial charge is 0.0649 e. The van der Waals surface area contributed by atoms with Gasteiger partial charge in [0.1, 0.15) is 0 Å². The van der Waals surface area contributed by atoms with E-state index in [0.29, 0.717) is 10.7 Å². The van der Waals surface area contributed by atoms with Crippen LogP contribution < -0.4 is 11.5 Å². The van der Waals surface area contributed by atoms with Crippen molar-refractivity contribution in [2.75, 3.05) is 11.5 Å². The predicted molar refractivity (Wildman–Crippen MR) is 101 cm³/mol. The standard InChI is InChI=1S/C20H13ClN2/c21-15-9-14-16(22)8-7-12-11-5-1-3-10-4-2-6-13(17(10)11)19(18(12)14)20(15)23/h1-9H,22-23H2. The van der Waals surface area contributed by atoms with Gasteiger partial charge in [-0.2, -0.15) is 0 Å². The first-order valence-corrected chi connectivity index (χ1v) is 7.87. The van der Waals surface area contributed by atoms with Gasteiger partial charge < -0.3 is 11.5 Å². The van der Waals surface area contributed by atoms with Crippen LogP contribution in [0, 0.1) is 0 Å². The van der Waals surface area contributed by atoms with Gasteiger partial charge >= 0.3 is 0 Å². The molecule has 0 saturated heterocycles. The lowest BCUT2D eigenvalue weighted by Crippen LogP contribution is -1.96. The van der Waals surface area contributed by atoms with Gasteiger partial charge in [0, 0.05) is 21.8 Å². The molecule has 0 amide bonds. The Morgan fingerprint density at radius 1 is 0.652 bits per heavy atom. The van der Waals surface area contributed by atoms with Crippen molar-refractivity contribution in [2.45, 2.75) is 0 Å². The number of nitrogens with two attached hydrogens (primary N) is 2. The summed E-state index contributed by atoms with van der Waals surface area (Å²) in [6, 6.07) is 18.6. The molecule has 4 N–H and O–H groups in total. The predicted octanol–water partition coefficient (Wildman–Crippen LogP) is 5.56. The molecule has 0 bridgehead atoms. The summed E-state index contributed by atoms with van der Waals surface area (Å²) in [5, 5.41) is 9.54. The van der Waals surface area contributed by atoms with Crippen LogP contribution in [-0.4, -0.2) is 0 Å². The summed E-state index contributed by atoms with van der Waals surface area (Å²) < 4.78 is 0. The van der Waals surface area contributed by atoms with Crippen molar-refractivity contribution >= 4 is 66.1 Å². The average Bonchev–Trinajstić information content (AvgIpc) is 2.56. The first-order chi connectivity index (χ1) is 11.2. The molecule has 0 atom stereocenters. The monoisotopic (exact) mass is 316 g/mol. The molecule has 5 aromatic carbocycles. The lowest BCUT2D eigenvalue weighted by atomic mass is 9.88. The second kappa shape index (κ2) is 4.18. The highest BCUT2D eigenvalue weighted by Crippen LogP contribution is 2.45. The van der Waals surface area contributed by atoms with E-state index < -0.39 is 0 Å². The van der Waals surface area contributed by atoms with Crippen molar-refractivity contribution < 1.29 is 0 Å². The molecular weight excluding hydrogens is 304 g/mol. The normalized spacial score (nSPS) is 12.0. The fraction of sp³-hybridized carbons (Fsp3) is 0. The van der Waals surface area contributed by atoms with Crippen LogP contribution >= 0.6 is 11.6 Å². The molecule has 2 nitrogen and oxygen atoms in total. The van der Waals surface area contributed by atoms with E-state index in [9.17, 15) is 0 Å². The van der Waals surface area contributed by atoms with Gasteiger partial charge in [-0.15, -0.1) is 0 Å². The third-order valence-corrected chi connectivity index (χ3v) is 5.10. The number of hydrogen-bond acceptors (Lipinski definition) is 2. The summed E-state index contributed by atoms with van der Waals surface area (Å²) in [7, 11) is 0. The third-order valence-electron chi connectivity index (χ3n) is 4.79. The van der Waals surface area contributed by atoms with E-state index in [1.54, 1.807) is 0 Å². The van der Waals surface area contributed by atoms with Crippen molar-refractivity contribution in [1.29, 1.82) is 0 Å². The highest BCUT2D eigenvalue weighted by Gasteiger charge is 2.17. The maximum atomic E-state index is 6.40. The Labute approximate surface area is 137 Å². The van der Waals surface area contributed by atoms with Crippen LogP contribution in [0.5, 0.6) is 0 Å². The Hall–Kier alpha value is -2.71. The van der Waals surface area contributed by atoms with Crippen LogP contribution in [0.25, 0.3) is 43.1 Å². The van der Waals surface area contributed by atoms with Crippen LogP contribution in [0.2, 0.25) is 5.02 Å². The SMILES string of the molecule is Nc1ccc2c3cccc4cccc(c5c(N)c(Cl)cc1c25)c43. The molecule has 23 heavy (non-hydrogen) atoms. The van der Waals surface area contributed by atoms with Crippen LogP contribution in [0.4, 0.5) is 11.4 Å². The van der Waals surface area contributed by atoms with Crippen molar-refractivity contribution in [2.24, 2.45) is 0 Å². The van der Waals surface area contributed by atoms with Crippen molar-refractivity contribution in [3.05, 3.63) is 59.6 Å². The highest BCUT2D eigenvalue weighted by atomic mass is 35.5. The first-order valence-electron chi connectivity index (χ1n) is 7.49. The van der Waals surface area contributed by atoms with Crippen LogP contribution in [-0.2, 0) is 0 Å². The second-order valence-corrected chi connectivity index (χ2v) is 6.39. The topological polar surface area (TPSA) is 52.0 Å². The van der Waals surface area contributed by atoms with Gasteiger partial charge in [0.05, 0.1) is 10.7 Å². The fourth-order valence-corrected chi connectivity index (χ4v) is 4.00. The quantitative estimate of drug-likeness (QED) is 0.223. The molecule has 0 aliphatic rings. The number of halogens is 1. The summed E-state index contributed by atoms with van der Waals surface area (Å²) in [6.07, 6.45) is 0. The minimum absolute atomic E-state index is 0.549. The Kier molecular flexibility index (Phi) is 2.33. The number of anilines is 2. The van der Waals surface area contributed by atoms with Crippen LogP contribution in [0.3, 0.4) is 0 Å². The van der Waals surface area contributed by atoms with E-state index in [1.165, 1.54) is 16.2 Å². The van der Waals surface area contributed by atoms with Gasteiger partial charge in [-0.1, -0.05) is 54.1 Å². The maximum absolute atomic E-state index is 6.40. The van der Waals surface area contributed by atoms with Gasteiger partial charge in [-0.3, -0.25) is 0 Å². The van der Waals surface area contributed by atoms with Gasteiger partial charge in [-0.05, 0) is 39.1 Å². The zero-order valence-electron chi connectivity index (χ0n) is 12.2. The summed E-state index contributed by atoms with van der Waals surface area (Å²) in [6.45, 7) is 0. The molecule has 0 heterocycles. The fourth-order valence-electron chi connectivity index (χ4n) is 3.80. The summed E-state index contributed by atoms with van der Waals surface area (Å²) in [4.78, 5) is 0. The molecule has 0 unspecified atom stereocenters. The van der Waals surface area contributed by atoms with Gasteiger partial charge in [0.25, 0.3) is 0 Å². The minimum Gasteiger partial charge on any atom is -0.398 e. The molecule has 5 rings (SSSR count). The van der Waals surface area contributed by atoms with Crippen LogP contribution in [0.1, 0.15) is 0 Å². The zero-order chi connectivity index (χ0) is 15.7. The number of benzene rings is 5. The molecule has 0 aliphatic carbocycles. The lowest BCUT2D eigenvalue weighted by Gasteiger charge is -2.17. The molecule has 0 aromatic heterocycles. The van der Waals surface area contributed by atoms with Gasteiger partial charge in [-0.25, -0.2) is 0 Å². The molecule has 0 spiro atoms. The van der Waals surface area contributed by atoms with Gasteiger partial charge in [0.2, 0.25) is 0 Å². The van der Waals surface area contributed by atoms with E-state index >= 15 is 0 Å². The number of rotatable bonds is 0. The molecule has 3 heteroatoms. The van der Waals surface area contributed by atoms with E-state index in [4.69, 9.17) is 23.1 Å². The summed E-state index contributed by atoms with van der Waals surface area (Å²) in [5.74, 6) is 0. The van der Waals surface area contributed by atoms with Crippen LogP contribution in [0.15, 0.2) is 54.6 Å². The Morgan fingerprint density at radius 2 is 1.35 bits per heavy atom. The van der Waals surface area contributed by atoms with E-state index in [-0.39, 0.29) is 0 Å². The van der Waals surface area contributed by atoms with E-state index in [0.717, 1.165) is 32.6 Å². The lowest BCUT2D eigenvalue weighted by molar-refractivity contribution is 1.75. The first kappa shape index (κ1) is 12.8. The second-order valence-electron chi connectivity index (χ2n) is 5.98. The average molecular weight is 317 g/mol. The largest absolute Gasteiger partial charge is 0.398 e. The Morgan fingerprint density at radius 3 is 2.13 bits per heavy atom. The van der Waals surface area contributed by atoms with Crippen molar-refractivity contribution in [1.82, 2.24) is 0 Å². The van der Waals surface area contributed by atoms with Crippen molar-refractivity contribution in [3.8, 4) is 0 Å². The Bertz CT molecular complexity index is 1240. The molecule has 5 aromatic rings. The molecule has 110 valence electrons. The number of hydrogen-bond donors (Lipinski definition) is 2. The van der Waals surface area contributed by atoms with Gasteiger partial charge in [0.15, 0.2) is 0 Å². The third kappa shape index (κ3) is 1.49. The van der Waals surface area contributed by atoms with Crippen molar-refractivity contribution in [3.63, 3.8) is 0 Å². The van der Waals surface area contributed by atoms with E-state index in [2.05, 4.69) is 42.5 Å². The summed E-state index contributed by atoms with van der Waals surface area (Å²) >= 11 is 6.40. The molecule has 0 fully saturated rings. The summed E-state index contributed by atoms with van der Waals surface area (Å²) in [5.41, 5.74) is 13.9.